The van der Waals surface area contributed by atoms with Crippen molar-refractivity contribution in [1.82, 2.24) is 0 Å². The number of ether oxygens (including phenoxy) is 1. The van der Waals surface area contributed by atoms with Gasteiger partial charge in [0.05, 0.1) is 0 Å². The van der Waals surface area contributed by atoms with Gasteiger partial charge >= 0.3 is 5.97 Å². The molecule has 0 bridgehead atoms. The number of carboxylic acids is 1. The normalized spacial score (nSPS) is 11.2. The molecule has 0 spiro atoms. The molecule has 0 aliphatic heterocycles. The first-order valence-corrected chi connectivity index (χ1v) is 4.75. The van der Waals surface area contributed by atoms with Crippen molar-refractivity contribution in [3.8, 4) is 5.75 Å². The van der Waals surface area contributed by atoms with Crippen LogP contribution in [0.3, 0.4) is 0 Å². The Kier molecular flexibility index (Phi) is 4.06. The van der Waals surface area contributed by atoms with E-state index in [0.717, 1.165) is 0 Å². The molecular formula is C10H9ClF2O3. The van der Waals surface area contributed by atoms with Gasteiger partial charge in [-0.25, -0.2) is 8.78 Å². The van der Waals surface area contributed by atoms with Crippen LogP contribution in [-0.2, 0) is 4.79 Å². The van der Waals surface area contributed by atoms with Crippen LogP contribution in [0.25, 0.3) is 0 Å². The van der Waals surface area contributed by atoms with E-state index in [4.69, 9.17) is 21.4 Å². The van der Waals surface area contributed by atoms with Crippen molar-refractivity contribution in [1.29, 1.82) is 0 Å². The number of aliphatic carboxylic acids is 1. The summed E-state index contributed by atoms with van der Waals surface area (Å²) < 4.78 is 30.6. The van der Waals surface area contributed by atoms with Gasteiger partial charge in [-0.15, -0.1) is 0 Å². The smallest absolute Gasteiger partial charge is 0.309 e. The molecule has 1 aromatic carbocycles. The van der Waals surface area contributed by atoms with E-state index in [1.807, 2.05) is 0 Å². The summed E-state index contributed by atoms with van der Waals surface area (Å²) in [4.78, 5) is 10.1. The average Bonchev–Trinajstić information content (AvgIpc) is 2.15. The fourth-order valence-corrected chi connectivity index (χ4v) is 1.12. The summed E-state index contributed by atoms with van der Waals surface area (Å²) in [6, 6.07) is 5.84. The lowest BCUT2D eigenvalue weighted by Gasteiger charge is -2.14. The summed E-state index contributed by atoms with van der Waals surface area (Å²) in [6.45, 7) is -0.971. The lowest BCUT2D eigenvalue weighted by molar-refractivity contribution is -0.147. The molecule has 1 aromatic rings. The molecule has 0 saturated carbocycles. The second-order valence-corrected chi connectivity index (χ2v) is 3.61. The molecule has 0 unspecified atom stereocenters. The van der Waals surface area contributed by atoms with Crippen LogP contribution < -0.4 is 4.74 Å². The van der Waals surface area contributed by atoms with Crippen LogP contribution in [0.1, 0.15) is 6.42 Å². The van der Waals surface area contributed by atoms with Gasteiger partial charge in [-0.3, -0.25) is 4.79 Å². The average molecular weight is 251 g/mol. The van der Waals surface area contributed by atoms with Gasteiger partial charge in [0, 0.05) is 5.02 Å². The summed E-state index contributed by atoms with van der Waals surface area (Å²) in [7, 11) is 0. The highest BCUT2D eigenvalue weighted by Gasteiger charge is 2.33. The van der Waals surface area contributed by atoms with E-state index in [0.29, 0.717) is 5.02 Å². The summed E-state index contributed by atoms with van der Waals surface area (Å²) in [6.07, 6.45) is -1.25. The third kappa shape index (κ3) is 4.44. The van der Waals surface area contributed by atoms with Gasteiger partial charge in [-0.2, -0.15) is 0 Å². The Hall–Kier alpha value is -1.36. The Balaban J connectivity index is 2.50. The summed E-state index contributed by atoms with van der Waals surface area (Å²) in [5, 5.41) is 8.69. The molecule has 0 amide bonds. The van der Waals surface area contributed by atoms with Crippen molar-refractivity contribution in [3.05, 3.63) is 29.3 Å². The number of hydrogen-bond acceptors (Lipinski definition) is 2. The van der Waals surface area contributed by atoms with Crippen molar-refractivity contribution in [2.45, 2.75) is 12.3 Å². The van der Waals surface area contributed by atoms with Gasteiger partial charge in [0.1, 0.15) is 12.2 Å². The Morgan fingerprint density at radius 1 is 1.38 bits per heavy atom. The molecule has 0 heterocycles. The van der Waals surface area contributed by atoms with E-state index in [1.165, 1.54) is 24.3 Å². The van der Waals surface area contributed by atoms with Crippen LogP contribution in [-0.4, -0.2) is 23.6 Å². The van der Waals surface area contributed by atoms with E-state index in [-0.39, 0.29) is 5.75 Å². The predicted octanol–water partition coefficient (Wildman–Crippen LogP) is 2.83. The van der Waals surface area contributed by atoms with Crippen molar-refractivity contribution in [3.63, 3.8) is 0 Å². The topological polar surface area (TPSA) is 46.5 Å². The molecule has 16 heavy (non-hydrogen) atoms. The molecular weight excluding hydrogens is 242 g/mol. The van der Waals surface area contributed by atoms with Crippen molar-refractivity contribution in [2.24, 2.45) is 0 Å². The van der Waals surface area contributed by atoms with Gasteiger partial charge in [0.2, 0.25) is 0 Å². The second kappa shape index (κ2) is 5.12. The quantitative estimate of drug-likeness (QED) is 0.874. The fourth-order valence-electron chi connectivity index (χ4n) is 0.992. The zero-order valence-electron chi connectivity index (χ0n) is 8.12. The molecule has 0 atom stereocenters. The zero-order chi connectivity index (χ0) is 12.2. The van der Waals surface area contributed by atoms with E-state index < -0.39 is 24.9 Å². The lowest BCUT2D eigenvalue weighted by atomic mass is 10.2. The minimum absolute atomic E-state index is 0.217. The molecule has 0 saturated heterocycles. The van der Waals surface area contributed by atoms with Crippen LogP contribution in [0, 0.1) is 0 Å². The molecule has 0 aliphatic carbocycles. The van der Waals surface area contributed by atoms with Crippen LogP contribution in [0.15, 0.2) is 24.3 Å². The Labute approximate surface area is 95.6 Å². The molecule has 0 fully saturated rings. The Morgan fingerprint density at radius 2 is 1.94 bits per heavy atom. The van der Waals surface area contributed by atoms with Gasteiger partial charge in [0.25, 0.3) is 5.92 Å². The third-order valence-electron chi connectivity index (χ3n) is 1.67. The number of carboxylic acid groups (broad SMARTS) is 1. The SMILES string of the molecule is O=C(O)CC(F)(F)COc1ccc(Cl)cc1. The first-order chi connectivity index (χ1) is 7.39. The van der Waals surface area contributed by atoms with Gasteiger partial charge in [-0.1, -0.05) is 11.6 Å². The number of rotatable bonds is 5. The maximum atomic E-state index is 12.9. The standard InChI is InChI=1S/C10H9ClF2O3/c11-7-1-3-8(4-2-7)16-6-10(12,13)5-9(14)15/h1-4H,5-6H2,(H,14,15). The predicted molar refractivity (Wildman–Crippen MR) is 54.1 cm³/mol. The van der Waals surface area contributed by atoms with E-state index in [2.05, 4.69) is 0 Å². The lowest BCUT2D eigenvalue weighted by Crippen LogP contribution is -2.28. The molecule has 6 heteroatoms. The number of hydrogen-bond donors (Lipinski definition) is 1. The number of carbonyl (C=O) groups is 1. The van der Waals surface area contributed by atoms with Crippen molar-refractivity contribution < 1.29 is 23.4 Å². The second-order valence-electron chi connectivity index (χ2n) is 3.17. The van der Waals surface area contributed by atoms with Crippen LogP contribution in [0.5, 0.6) is 5.75 Å². The summed E-state index contributed by atoms with van der Waals surface area (Å²) in [5.41, 5.74) is 0. The maximum absolute atomic E-state index is 12.9. The van der Waals surface area contributed by atoms with Crippen LogP contribution in [0.4, 0.5) is 8.78 Å². The highest BCUT2D eigenvalue weighted by molar-refractivity contribution is 6.30. The summed E-state index contributed by atoms with van der Waals surface area (Å²) >= 11 is 5.59. The van der Waals surface area contributed by atoms with Crippen molar-refractivity contribution in [2.75, 3.05) is 6.61 Å². The highest BCUT2D eigenvalue weighted by atomic mass is 35.5. The van der Waals surface area contributed by atoms with Crippen molar-refractivity contribution >= 4 is 17.6 Å². The number of alkyl halides is 2. The molecule has 0 aromatic heterocycles. The monoisotopic (exact) mass is 250 g/mol. The van der Waals surface area contributed by atoms with Crippen LogP contribution in [0.2, 0.25) is 5.02 Å². The largest absolute Gasteiger partial charge is 0.487 e. The molecule has 0 radical (unpaired) electrons. The molecule has 1 N–H and O–H groups in total. The molecule has 1 rings (SSSR count). The third-order valence-corrected chi connectivity index (χ3v) is 1.93. The zero-order valence-corrected chi connectivity index (χ0v) is 8.88. The van der Waals surface area contributed by atoms with E-state index in [1.54, 1.807) is 0 Å². The van der Waals surface area contributed by atoms with Gasteiger partial charge in [-0.05, 0) is 24.3 Å². The van der Waals surface area contributed by atoms with Gasteiger partial charge < -0.3 is 9.84 Å². The number of halogens is 3. The minimum atomic E-state index is -3.38. The maximum Gasteiger partial charge on any atom is 0.309 e. The minimum Gasteiger partial charge on any atom is -0.487 e. The summed E-state index contributed by atoms with van der Waals surface area (Å²) in [5.74, 6) is -4.73. The van der Waals surface area contributed by atoms with Crippen LogP contribution >= 0.6 is 11.6 Å². The van der Waals surface area contributed by atoms with Gasteiger partial charge in [0.15, 0.2) is 6.61 Å². The Morgan fingerprint density at radius 3 is 2.44 bits per heavy atom. The first kappa shape index (κ1) is 12.7. The fraction of sp³-hybridized carbons (Fsp3) is 0.300. The van der Waals surface area contributed by atoms with E-state index in [9.17, 15) is 13.6 Å². The molecule has 88 valence electrons. The highest BCUT2D eigenvalue weighted by Crippen LogP contribution is 2.21. The van der Waals surface area contributed by atoms with E-state index >= 15 is 0 Å². The number of benzene rings is 1. The Bertz CT molecular complexity index is 365. The first-order valence-electron chi connectivity index (χ1n) is 4.37. The molecule has 3 nitrogen and oxygen atoms in total. The molecule has 0 aliphatic rings.